The number of para-hydroxylation sites is 1. The number of ether oxygens (including phenoxy) is 1. The van der Waals surface area contributed by atoms with Gasteiger partial charge in [0.05, 0.1) is 20.2 Å². The summed E-state index contributed by atoms with van der Waals surface area (Å²) in [5.41, 5.74) is 2.55. The highest BCUT2D eigenvalue weighted by Gasteiger charge is 2.07. The number of methoxy groups -OCH3 is 1. The van der Waals surface area contributed by atoms with Crippen molar-refractivity contribution < 1.29 is 9.64 Å². The van der Waals surface area contributed by atoms with E-state index in [-0.39, 0.29) is 0 Å². The zero-order chi connectivity index (χ0) is 16.3. The molecule has 0 spiro atoms. The van der Waals surface area contributed by atoms with Crippen molar-refractivity contribution in [2.24, 2.45) is 0 Å². The second-order valence-corrected chi connectivity index (χ2v) is 5.86. The fourth-order valence-electron chi connectivity index (χ4n) is 2.73. The van der Waals surface area contributed by atoms with E-state index in [1.54, 1.807) is 12.0 Å². The lowest BCUT2D eigenvalue weighted by molar-refractivity contribution is -0.908. The highest BCUT2D eigenvalue weighted by molar-refractivity contribution is 5.57. The number of nitrogens with one attached hydrogen (secondary N) is 1. The Morgan fingerprint density at radius 1 is 1.00 bits per heavy atom. The van der Waals surface area contributed by atoms with Crippen LogP contribution in [0.3, 0.4) is 0 Å². The van der Waals surface area contributed by atoms with Gasteiger partial charge in [0.1, 0.15) is 12.3 Å². The molecule has 0 amide bonds. The summed E-state index contributed by atoms with van der Waals surface area (Å²) in [6.45, 7) is 5.58. The quantitative estimate of drug-likeness (QED) is 0.747. The SMILES string of the molecule is CCCC[NH+](C/C=C/c1ccccc1OC)Cc1ccccc1. The fraction of sp³-hybridized carbons (Fsp3) is 0.333. The summed E-state index contributed by atoms with van der Waals surface area (Å²) >= 11 is 0. The Morgan fingerprint density at radius 3 is 2.48 bits per heavy atom. The Hall–Kier alpha value is -2.06. The predicted molar refractivity (Wildman–Crippen MR) is 97.8 cm³/mol. The van der Waals surface area contributed by atoms with Gasteiger partial charge in [-0.2, -0.15) is 0 Å². The second kappa shape index (κ2) is 9.86. The predicted octanol–water partition coefficient (Wildman–Crippen LogP) is 3.59. The third-order valence-corrected chi connectivity index (χ3v) is 4.02. The first-order chi connectivity index (χ1) is 11.3. The van der Waals surface area contributed by atoms with E-state index in [4.69, 9.17) is 4.74 Å². The number of benzene rings is 2. The molecule has 0 aromatic heterocycles. The van der Waals surface area contributed by atoms with Crippen molar-refractivity contribution >= 4 is 6.08 Å². The van der Waals surface area contributed by atoms with Crippen LogP contribution in [0.4, 0.5) is 0 Å². The van der Waals surface area contributed by atoms with Crippen molar-refractivity contribution in [2.45, 2.75) is 26.3 Å². The Morgan fingerprint density at radius 2 is 1.74 bits per heavy atom. The molecule has 1 atom stereocenters. The van der Waals surface area contributed by atoms with Crippen molar-refractivity contribution in [1.29, 1.82) is 0 Å². The van der Waals surface area contributed by atoms with E-state index in [0.29, 0.717) is 0 Å². The lowest BCUT2D eigenvalue weighted by atomic mass is 10.1. The minimum Gasteiger partial charge on any atom is -0.496 e. The summed E-state index contributed by atoms with van der Waals surface area (Å²) < 4.78 is 5.41. The molecule has 1 N–H and O–H groups in total. The minimum atomic E-state index is 0.932. The normalized spacial score (nSPS) is 12.4. The molecular weight excluding hydrogens is 282 g/mol. The van der Waals surface area contributed by atoms with Crippen molar-refractivity contribution in [1.82, 2.24) is 0 Å². The molecule has 0 saturated carbocycles. The molecule has 1 unspecified atom stereocenters. The summed E-state index contributed by atoms with van der Waals surface area (Å²) in [7, 11) is 1.72. The van der Waals surface area contributed by atoms with Gasteiger partial charge in [-0.1, -0.05) is 61.9 Å². The third-order valence-electron chi connectivity index (χ3n) is 4.02. The van der Waals surface area contributed by atoms with E-state index in [9.17, 15) is 0 Å². The minimum absolute atomic E-state index is 0.932. The molecule has 122 valence electrons. The number of hydrogen-bond donors (Lipinski definition) is 1. The number of unbranched alkanes of at least 4 members (excludes halogenated alkanes) is 1. The van der Waals surface area contributed by atoms with E-state index < -0.39 is 0 Å². The largest absolute Gasteiger partial charge is 0.496 e. The first-order valence-corrected chi connectivity index (χ1v) is 8.50. The molecule has 0 heterocycles. The highest BCUT2D eigenvalue weighted by Crippen LogP contribution is 2.18. The summed E-state index contributed by atoms with van der Waals surface area (Å²) in [6.07, 6.45) is 6.96. The average Bonchev–Trinajstić information content (AvgIpc) is 2.60. The molecule has 0 bridgehead atoms. The van der Waals surface area contributed by atoms with Crippen LogP contribution in [0, 0.1) is 0 Å². The first-order valence-electron chi connectivity index (χ1n) is 8.50. The highest BCUT2D eigenvalue weighted by atomic mass is 16.5. The summed E-state index contributed by atoms with van der Waals surface area (Å²) in [5, 5.41) is 0. The monoisotopic (exact) mass is 310 g/mol. The van der Waals surface area contributed by atoms with Gasteiger partial charge in [-0.15, -0.1) is 0 Å². The van der Waals surface area contributed by atoms with E-state index in [1.807, 2.05) is 18.2 Å². The molecule has 2 aromatic carbocycles. The Balaban J connectivity index is 1.98. The van der Waals surface area contributed by atoms with Crippen LogP contribution >= 0.6 is 0 Å². The van der Waals surface area contributed by atoms with E-state index in [2.05, 4.69) is 55.5 Å². The van der Waals surface area contributed by atoms with E-state index in [0.717, 1.165) is 24.4 Å². The molecule has 2 rings (SSSR count). The van der Waals surface area contributed by atoms with Crippen molar-refractivity contribution in [3.63, 3.8) is 0 Å². The van der Waals surface area contributed by atoms with E-state index in [1.165, 1.54) is 24.9 Å². The van der Waals surface area contributed by atoms with Crippen LogP contribution in [-0.2, 0) is 6.54 Å². The Bertz CT molecular complexity index is 592. The first kappa shape index (κ1) is 17.3. The number of quaternary nitrogens is 1. The van der Waals surface area contributed by atoms with Crippen LogP contribution in [0.15, 0.2) is 60.7 Å². The van der Waals surface area contributed by atoms with Gasteiger partial charge in [-0.25, -0.2) is 0 Å². The topological polar surface area (TPSA) is 13.7 Å². The molecule has 0 aliphatic heterocycles. The molecule has 0 fully saturated rings. The van der Waals surface area contributed by atoms with Crippen molar-refractivity contribution in [3.8, 4) is 5.75 Å². The van der Waals surface area contributed by atoms with Crippen LogP contribution in [0.2, 0.25) is 0 Å². The van der Waals surface area contributed by atoms with Crippen LogP contribution in [-0.4, -0.2) is 20.2 Å². The zero-order valence-corrected chi connectivity index (χ0v) is 14.3. The Kier molecular flexibility index (Phi) is 7.41. The maximum Gasteiger partial charge on any atom is 0.126 e. The molecule has 2 aromatic rings. The van der Waals surface area contributed by atoms with Gasteiger partial charge in [0.15, 0.2) is 0 Å². The molecule has 0 aliphatic carbocycles. The lowest BCUT2D eigenvalue weighted by Crippen LogP contribution is -3.10. The molecule has 0 saturated heterocycles. The lowest BCUT2D eigenvalue weighted by Gasteiger charge is -2.18. The zero-order valence-electron chi connectivity index (χ0n) is 14.3. The molecule has 0 radical (unpaired) electrons. The summed E-state index contributed by atoms with van der Waals surface area (Å²) in [6, 6.07) is 18.9. The number of rotatable bonds is 9. The molecular formula is C21H28NO+. The molecule has 23 heavy (non-hydrogen) atoms. The molecule has 2 nitrogen and oxygen atoms in total. The average molecular weight is 310 g/mol. The maximum atomic E-state index is 5.41. The fourth-order valence-corrected chi connectivity index (χ4v) is 2.73. The van der Waals surface area contributed by atoms with Crippen molar-refractivity contribution in [3.05, 3.63) is 71.8 Å². The van der Waals surface area contributed by atoms with Gasteiger partial charge in [0.2, 0.25) is 0 Å². The van der Waals surface area contributed by atoms with Gasteiger partial charge in [-0.05, 0) is 24.6 Å². The van der Waals surface area contributed by atoms with Gasteiger partial charge in [0.25, 0.3) is 0 Å². The summed E-state index contributed by atoms with van der Waals surface area (Å²) in [5.74, 6) is 0.932. The van der Waals surface area contributed by atoms with Gasteiger partial charge < -0.3 is 9.64 Å². The van der Waals surface area contributed by atoms with Crippen LogP contribution < -0.4 is 9.64 Å². The van der Waals surface area contributed by atoms with Crippen LogP contribution in [0.25, 0.3) is 6.08 Å². The van der Waals surface area contributed by atoms with Crippen LogP contribution in [0.1, 0.15) is 30.9 Å². The Labute approximate surface area is 140 Å². The van der Waals surface area contributed by atoms with E-state index >= 15 is 0 Å². The number of hydrogen-bond acceptors (Lipinski definition) is 1. The summed E-state index contributed by atoms with van der Waals surface area (Å²) in [4.78, 5) is 1.60. The molecule has 0 aliphatic rings. The standard InChI is InChI=1S/C21H27NO/c1-3-4-16-22(18-19-11-6-5-7-12-19)17-10-14-20-13-8-9-15-21(20)23-2/h5-15H,3-4,16-18H2,1-2H3/p+1/b14-10+. The van der Waals surface area contributed by atoms with Gasteiger partial charge >= 0.3 is 0 Å². The maximum absolute atomic E-state index is 5.41. The smallest absolute Gasteiger partial charge is 0.126 e. The third kappa shape index (κ3) is 5.91. The second-order valence-electron chi connectivity index (χ2n) is 5.86. The molecule has 2 heteroatoms. The van der Waals surface area contributed by atoms with Gasteiger partial charge in [-0.3, -0.25) is 0 Å². The van der Waals surface area contributed by atoms with Crippen molar-refractivity contribution in [2.75, 3.05) is 20.2 Å². The van der Waals surface area contributed by atoms with Gasteiger partial charge in [0, 0.05) is 11.1 Å². The van der Waals surface area contributed by atoms with Crippen LogP contribution in [0.5, 0.6) is 5.75 Å².